The number of hydrogen-bond acceptors (Lipinski definition) is 7. The summed E-state index contributed by atoms with van der Waals surface area (Å²) in [5.74, 6) is -1.16. The summed E-state index contributed by atoms with van der Waals surface area (Å²) in [7, 11) is 0. The van der Waals surface area contributed by atoms with Gasteiger partial charge in [0.05, 0.1) is 10.5 Å². The zero-order chi connectivity index (χ0) is 22.1. The number of ketones is 1. The first kappa shape index (κ1) is 22.3. The lowest BCUT2D eigenvalue weighted by Crippen LogP contribution is -2.17. The Morgan fingerprint density at radius 2 is 1.70 bits per heavy atom. The van der Waals surface area contributed by atoms with Crippen LogP contribution in [0.1, 0.15) is 19.4 Å². The monoisotopic (exact) mass is 412 g/mol. The van der Waals surface area contributed by atoms with Crippen LogP contribution in [0.2, 0.25) is 0 Å². The molecule has 0 aliphatic rings. The molecule has 0 aromatic heterocycles. The molecule has 0 saturated carbocycles. The topological polar surface area (TPSA) is 125 Å². The number of nitro groups is 1. The van der Waals surface area contributed by atoms with Crippen LogP contribution in [0.4, 0.5) is 11.4 Å². The van der Waals surface area contributed by atoms with Crippen molar-refractivity contribution >= 4 is 35.1 Å². The van der Waals surface area contributed by atoms with E-state index < -0.39 is 16.7 Å². The molecule has 2 rings (SSSR count). The third kappa shape index (κ3) is 6.55. The molecule has 0 unspecified atom stereocenters. The Morgan fingerprint density at radius 3 is 2.30 bits per heavy atom. The van der Waals surface area contributed by atoms with Crippen molar-refractivity contribution < 1.29 is 28.8 Å². The molecular weight excluding hydrogens is 392 g/mol. The summed E-state index contributed by atoms with van der Waals surface area (Å²) in [4.78, 5) is 45.6. The van der Waals surface area contributed by atoms with Gasteiger partial charge in [0.1, 0.15) is 24.5 Å². The number of hydrogen-bond donors (Lipinski definition) is 1. The van der Waals surface area contributed by atoms with E-state index in [1.54, 1.807) is 30.3 Å². The van der Waals surface area contributed by atoms with E-state index in [-0.39, 0.29) is 35.9 Å². The number of para-hydroxylation sites is 1. The fraction of sp³-hybridized carbons (Fsp3) is 0.190. The van der Waals surface area contributed by atoms with Gasteiger partial charge in [-0.05, 0) is 43.3 Å². The molecule has 30 heavy (non-hydrogen) atoms. The Bertz CT molecular complexity index is 981. The molecule has 0 saturated heterocycles. The summed E-state index contributed by atoms with van der Waals surface area (Å²) in [5, 5.41) is 13.7. The van der Waals surface area contributed by atoms with Crippen molar-refractivity contribution in [2.75, 3.05) is 18.5 Å². The zero-order valence-electron chi connectivity index (χ0n) is 16.4. The van der Waals surface area contributed by atoms with Gasteiger partial charge >= 0.3 is 5.97 Å². The molecule has 1 amide bonds. The quantitative estimate of drug-likeness (QED) is 0.128. The Labute approximate surface area is 172 Å². The standard InChI is InChI=1S/C21H20N2O7/c1-14(24)19(13-16-5-3-4-6-20(16)23(27)28)21(26)30-12-11-29-18-9-7-17(8-10-18)22-15(2)25/h3-10,13H,11-12H2,1-2H3,(H,22,25). The first-order valence-electron chi connectivity index (χ1n) is 8.91. The Kier molecular flexibility index (Phi) is 7.81. The zero-order valence-corrected chi connectivity index (χ0v) is 16.4. The van der Waals surface area contributed by atoms with Gasteiger partial charge in [0, 0.05) is 18.7 Å². The third-order valence-electron chi connectivity index (χ3n) is 3.79. The summed E-state index contributed by atoms with van der Waals surface area (Å²) in [6, 6.07) is 12.4. The van der Waals surface area contributed by atoms with E-state index in [1.165, 1.54) is 32.0 Å². The Hall–Kier alpha value is -4.01. The van der Waals surface area contributed by atoms with Crippen LogP contribution in [-0.2, 0) is 19.1 Å². The Morgan fingerprint density at radius 1 is 1.03 bits per heavy atom. The summed E-state index contributed by atoms with van der Waals surface area (Å²) in [6.07, 6.45) is 1.14. The lowest BCUT2D eigenvalue weighted by Gasteiger charge is -2.09. The normalized spacial score (nSPS) is 10.8. The van der Waals surface area contributed by atoms with E-state index in [1.807, 2.05) is 0 Å². The van der Waals surface area contributed by atoms with Crippen molar-refractivity contribution in [2.45, 2.75) is 13.8 Å². The summed E-state index contributed by atoms with van der Waals surface area (Å²) in [6.45, 7) is 2.48. The average Bonchev–Trinajstić information content (AvgIpc) is 2.70. The molecule has 0 radical (unpaired) electrons. The highest BCUT2D eigenvalue weighted by Gasteiger charge is 2.19. The van der Waals surface area contributed by atoms with Crippen LogP contribution in [0.5, 0.6) is 5.75 Å². The van der Waals surface area contributed by atoms with E-state index in [0.717, 1.165) is 6.08 Å². The number of rotatable bonds is 9. The summed E-state index contributed by atoms with van der Waals surface area (Å²) < 4.78 is 10.5. The van der Waals surface area contributed by atoms with Crippen LogP contribution in [0.25, 0.3) is 6.08 Å². The second-order valence-electron chi connectivity index (χ2n) is 6.12. The van der Waals surface area contributed by atoms with Crippen molar-refractivity contribution in [3.05, 3.63) is 69.8 Å². The van der Waals surface area contributed by atoms with Crippen molar-refractivity contribution in [1.29, 1.82) is 0 Å². The summed E-state index contributed by atoms with van der Waals surface area (Å²) >= 11 is 0. The molecule has 1 N–H and O–H groups in total. The molecule has 2 aromatic carbocycles. The Balaban J connectivity index is 1.96. The molecule has 0 aliphatic heterocycles. The fourth-order valence-electron chi connectivity index (χ4n) is 2.45. The van der Waals surface area contributed by atoms with Gasteiger partial charge in [0.2, 0.25) is 5.91 Å². The maximum absolute atomic E-state index is 12.3. The number of anilines is 1. The molecule has 0 spiro atoms. The van der Waals surface area contributed by atoms with Crippen molar-refractivity contribution in [2.24, 2.45) is 0 Å². The van der Waals surface area contributed by atoms with E-state index in [0.29, 0.717) is 11.4 Å². The van der Waals surface area contributed by atoms with Crippen molar-refractivity contribution in [1.82, 2.24) is 0 Å². The number of amides is 1. The van der Waals surface area contributed by atoms with Gasteiger partial charge in [-0.15, -0.1) is 0 Å². The molecule has 0 heterocycles. The number of Topliss-reactive ketones (excluding diaryl/α,β-unsaturated/α-hetero) is 1. The number of esters is 1. The first-order chi connectivity index (χ1) is 14.3. The predicted molar refractivity (Wildman–Crippen MR) is 109 cm³/mol. The maximum atomic E-state index is 12.3. The van der Waals surface area contributed by atoms with Crippen LogP contribution in [0, 0.1) is 10.1 Å². The van der Waals surface area contributed by atoms with Crippen LogP contribution in [0.15, 0.2) is 54.1 Å². The van der Waals surface area contributed by atoms with Gasteiger partial charge in [-0.2, -0.15) is 0 Å². The highest BCUT2D eigenvalue weighted by Crippen LogP contribution is 2.21. The van der Waals surface area contributed by atoms with E-state index in [9.17, 15) is 24.5 Å². The smallest absolute Gasteiger partial charge is 0.341 e. The molecule has 9 heteroatoms. The van der Waals surface area contributed by atoms with Gasteiger partial charge in [0.15, 0.2) is 5.78 Å². The maximum Gasteiger partial charge on any atom is 0.341 e. The molecule has 0 bridgehead atoms. The predicted octanol–water partition coefficient (Wildman–Crippen LogP) is 3.15. The van der Waals surface area contributed by atoms with Crippen LogP contribution in [-0.4, -0.2) is 35.8 Å². The largest absolute Gasteiger partial charge is 0.490 e. The second-order valence-corrected chi connectivity index (χ2v) is 6.12. The number of ether oxygens (including phenoxy) is 2. The minimum atomic E-state index is -0.898. The number of nitrogens with zero attached hydrogens (tertiary/aromatic N) is 1. The van der Waals surface area contributed by atoms with Gasteiger partial charge in [-0.3, -0.25) is 19.7 Å². The summed E-state index contributed by atoms with van der Waals surface area (Å²) in [5.41, 5.74) is 0.215. The van der Waals surface area contributed by atoms with Crippen LogP contribution in [0.3, 0.4) is 0 Å². The van der Waals surface area contributed by atoms with Crippen LogP contribution >= 0.6 is 0 Å². The van der Waals surface area contributed by atoms with Gasteiger partial charge in [-0.1, -0.05) is 12.1 Å². The number of nitro benzene ring substituents is 1. The number of nitrogens with one attached hydrogen (secondary N) is 1. The number of benzene rings is 2. The van der Waals surface area contributed by atoms with E-state index in [2.05, 4.69) is 5.32 Å². The first-order valence-corrected chi connectivity index (χ1v) is 8.91. The van der Waals surface area contributed by atoms with Crippen LogP contribution < -0.4 is 10.1 Å². The molecule has 9 nitrogen and oxygen atoms in total. The molecule has 156 valence electrons. The lowest BCUT2D eigenvalue weighted by molar-refractivity contribution is -0.385. The third-order valence-corrected chi connectivity index (χ3v) is 3.79. The highest BCUT2D eigenvalue weighted by molar-refractivity contribution is 6.20. The molecule has 0 atom stereocenters. The average molecular weight is 412 g/mol. The molecule has 2 aromatic rings. The van der Waals surface area contributed by atoms with E-state index in [4.69, 9.17) is 9.47 Å². The van der Waals surface area contributed by atoms with Crippen molar-refractivity contribution in [3.8, 4) is 5.75 Å². The highest BCUT2D eigenvalue weighted by atomic mass is 16.6. The van der Waals surface area contributed by atoms with Gasteiger partial charge in [0.25, 0.3) is 5.69 Å². The fourth-order valence-corrected chi connectivity index (χ4v) is 2.45. The number of carbonyl (C=O) groups excluding carboxylic acids is 3. The number of carbonyl (C=O) groups is 3. The molecule has 0 aliphatic carbocycles. The van der Waals surface area contributed by atoms with E-state index >= 15 is 0 Å². The second kappa shape index (κ2) is 10.5. The van der Waals surface area contributed by atoms with Gasteiger partial charge in [-0.25, -0.2) is 4.79 Å². The molecular formula is C21H20N2O7. The molecule has 0 fully saturated rings. The van der Waals surface area contributed by atoms with Gasteiger partial charge < -0.3 is 14.8 Å². The van der Waals surface area contributed by atoms with Crippen molar-refractivity contribution in [3.63, 3.8) is 0 Å². The SMILES string of the molecule is CC(=O)Nc1ccc(OCCOC(=O)C(=Cc2ccccc2[N+](=O)[O-])C(C)=O)cc1. The lowest BCUT2D eigenvalue weighted by atomic mass is 10.1. The minimum absolute atomic E-state index is 0.0297. The minimum Gasteiger partial charge on any atom is -0.490 e.